The molecule has 1 saturated heterocycles. The Morgan fingerprint density at radius 1 is 1.17 bits per heavy atom. The van der Waals surface area contributed by atoms with Crippen molar-refractivity contribution >= 4 is 5.82 Å². The van der Waals surface area contributed by atoms with Crippen LogP contribution in [-0.2, 0) is 5.41 Å². The van der Waals surface area contributed by atoms with Gasteiger partial charge >= 0.3 is 0 Å². The Hall–Kier alpha value is -2.08. The third kappa shape index (κ3) is 2.79. The Morgan fingerprint density at radius 3 is 2.61 bits per heavy atom. The number of nitrogens with zero attached hydrogens (tertiary/aromatic N) is 3. The van der Waals surface area contributed by atoms with Crippen molar-refractivity contribution < 1.29 is 4.39 Å². The van der Waals surface area contributed by atoms with E-state index in [1.807, 2.05) is 30.3 Å². The summed E-state index contributed by atoms with van der Waals surface area (Å²) in [6.07, 6.45) is 2.05. The maximum absolute atomic E-state index is 13.5. The molecule has 0 radical (unpaired) electrons. The van der Waals surface area contributed by atoms with E-state index in [9.17, 15) is 4.39 Å². The van der Waals surface area contributed by atoms with Gasteiger partial charge < -0.3 is 10.6 Å². The number of halogens is 1. The molecule has 5 nitrogen and oxygen atoms in total. The number of hydrogen-bond acceptors (Lipinski definition) is 5. The van der Waals surface area contributed by atoms with Gasteiger partial charge in [-0.05, 0) is 37.1 Å². The highest BCUT2D eigenvalue weighted by Crippen LogP contribution is 2.44. The number of alkyl halides is 1. The normalized spacial score (nSPS) is 27.1. The predicted molar refractivity (Wildman–Crippen MR) is 86.2 cm³/mol. The van der Waals surface area contributed by atoms with Crippen LogP contribution in [0.3, 0.4) is 0 Å². The summed E-state index contributed by atoms with van der Waals surface area (Å²) in [5, 5.41) is 15.1. The van der Waals surface area contributed by atoms with Crippen molar-refractivity contribution in [1.29, 1.82) is 0 Å². The van der Waals surface area contributed by atoms with E-state index in [2.05, 4.69) is 25.8 Å². The van der Waals surface area contributed by atoms with E-state index in [1.165, 1.54) is 0 Å². The molecule has 1 aliphatic heterocycles. The van der Waals surface area contributed by atoms with Gasteiger partial charge in [-0.25, -0.2) is 4.39 Å². The molecule has 2 N–H and O–H groups in total. The van der Waals surface area contributed by atoms with Crippen LogP contribution in [0.2, 0.25) is 0 Å². The van der Waals surface area contributed by atoms with Crippen LogP contribution in [0.15, 0.2) is 36.5 Å². The minimum atomic E-state index is -0.738. The maximum Gasteiger partial charge on any atom is 0.148 e. The van der Waals surface area contributed by atoms with E-state index in [0.717, 1.165) is 30.3 Å². The quantitative estimate of drug-likeness (QED) is 0.884. The highest BCUT2D eigenvalue weighted by Gasteiger charge is 2.46. The molecule has 23 heavy (non-hydrogen) atoms. The third-order valence-electron chi connectivity index (χ3n) is 4.93. The lowest BCUT2D eigenvalue weighted by Gasteiger charge is -2.44. The lowest BCUT2D eigenvalue weighted by atomic mass is 9.65. The van der Waals surface area contributed by atoms with Crippen LogP contribution in [0, 0.1) is 0 Å². The van der Waals surface area contributed by atoms with Gasteiger partial charge in [-0.3, -0.25) is 4.98 Å². The molecule has 2 fully saturated rings. The average Bonchev–Trinajstić information content (AvgIpc) is 2.51. The minimum absolute atomic E-state index is 0.237. The summed E-state index contributed by atoms with van der Waals surface area (Å²) in [7, 11) is 0. The summed E-state index contributed by atoms with van der Waals surface area (Å²) in [5.74, 6) is 1.22. The molecule has 1 aliphatic carbocycles. The Bertz CT molecular complexity index is 650. The summed E-state index contributed by atoms with van der Waals surface area (Å²) >= 11 is 0. The van der Waals surface area contributed by atoms with Crippen molar-refractivity contribution in [1.82, 2.24) is 20.5 Å². The Morgan fingerprint density at radius 2 is 2.04 bits per heavy atom. The molecule has 1 saturated carbocycles. The largest absolute Gasteiger partial charge is 0.368 e. The molecule has 2 aliphatic rings. The molecule has 0 spiro atoms. The highest BCUT2D eigenvalue weighted by atomic mass is 19.1. The van der Waals surface area contributed by atoms with Gasteiger partial charge in [-0.15, -0.1) is 5.10 Å². The summed E-state index contributed by atoms with van der Waals surface area (Å²) in [6.45, 7) is 2.58. The van der Waals surface area contributed by atoms with Crippen molar-refractivity contribution in [2.24, 2.45) is 0 Å². The number of aromatic nitrogens is 3. The first kappa shape index (κ1) is 14.5. The van der Waals surface area contributed by atoms with Crippen molar-refractivity contribution in [3.05, 3.63) is 47.9 Å². The van der Waals surface area contributed by atoms with Crippen LogP contribution < -0.4 is 10.6 Å². The fourth-order valence-corrected chi connectivity index (χ4v) is 3.32. The monoisotopic (exact) mass is 313 g/mol. The van der Waals surface area contributed by atoms with E-state index in [-0.39, 0.29) is 5.41 Å². The first-order valence-electron chi connectivity index (χ1n) is 8.09. The molecule has 0 bridgehead atoms. The fourth-order valence-electron chi connectivity index (χ4n) is 3.32. The molecular weight excluding hydrogens is 293 g/mol. The smallest absolute Gasteiger partial charge is 0.148 e. The van der Waals surface area contributed by atoms with Crippen molar-refractivity contribution in [2.75, 3.05) is 25.0 Å². The second-order valence-electron chi connectivity index (χ2n) is 6.55. The molecule has 120 valence electrons. The number of anilines is 1. The number of hydrogen-bond donors (Lipinski definition) is 2. The molecule has 6 heteroatoms. The zero-order valence-corrected chi connectivity index (χ0v) is 12.9. The molecule has 0 atom stereocenters. The zero-order chi connectivity index (χ0) is 15.7. The number of nitrogens with one attached hydrogen (secondary N) is 2. The van der Waals surface area contributed by atoms with Crippen molar-refractivity contribution in [3.8, 4) is 0 Å². The molecular formula is C17H20FN5. The van der Waals surface area contributed by atoms with Gasteiger partial charge in [-0.1, -0.05) is 6.07 Å². The van der Waals surface area contributed by atoms with Crippen LogP contribution in [0.4, 0.5) is 10.2 Å². The van der Waals surface area contributed by atoms with Crippen molar-refractivity contribution in [3.63, 3.8) is 0 Å². The Labute approximate surface area is 134 Å². The molecule has 2 aromatic rings. The third-order valence-corrected chi connectivity index (χ3v) is 4.93. The van der Waals surface area contributed by atoms with Crippen molar-refractivity contribution in [2.45, 2.75) is 30.3 Å². The van der Waals surface area contributed by atoms with Gasteiger partial charge in [0.2, 0.25) is 0 Å². The minimum Gasteiger partial charge on any atom is -0.368 e. The molecule has 3 heterocycles. The first-order chi connectivity index (χ1) is 11.3. The molecule has 0 unspecified atom stereocenters. The molecule has 0 amide bonds. The fraction of sp³-hybridized carbons (Fsp3) is 0.471. The lowest BCUT2D eigenvalue weighted by Crippen LogP contribution is -2.48. The van der Waals surface area contributed by atoms with E-state index in [1.54, 1.807) is 6.20 Å². The van der Waals surface area contributed by atoms with Gasteiger partial charge in [0.05, 0.1) is 5.69 Å². The topological polar surface area (TPSA) is 62.7 Å². The van der Waals surface area contributed by atoms with Crippen LogP contribution >= 0.6 is 0 Å². The maximum atomic E-state index is 13.5. The molecule has 0 aromatic carbocycles. The summed E-state index contributed by atoms with van der Waals surface area (Å²) in [6, 6.07) is 9.80. The van der Waals surface area contributed by atoms with Crippen LogP contribution in [-0.4, -0.2) is 41.0 Å². The van der Waals surface area contributed by atoms with Gasteiger partial charge in [0.1, 0.15) is 12.0 Å². The van der Waals surface area contributed by atoms with Crippen LogP contribution in [0.1, 0.15) is 30.1 Å². The second-order valence-corrected chi connectivity index (χ2v) is 6.55. The SMILES string of the molecule is FC1CC(CNc2ccc(C3CNC3)nn2)(c2ccccn2)C1. The Kier molecular flexibility index (Phi) is 3.69. The van der Waals surface area contributed by atoms with E-state index in [4.69, 9.17) is 0 Å². The van der Waals surface area contributed by atoms with Gasteiger partial charge in [0.15, 0.2) is 0 Å². The second kappa shape index (κ2) is 5.85. The number of rotatable bonds is 5. The van der Waals surface area contributed by atoms with E-state index in [0.29, 0.717) is 25.3 Å². The summed E-state index contributed by atoms with van der Waals surface area (Å²) in [4.78, 5) is 4.43. The van der Waals surface area contributed by atoms with Gasteiger partial charge in [0.25, 0.3) is 0 Å². The van der Waals surface area contributed by atoms with E-state index < -0.39 is 6.17 Å². The van der Waals surface area contributed by atoms with Gasteiger partial charge in [-0.2, -0.15) is 5.10 Å². The lowest BCUT2D eigenvalue weighted by molar-refractivity contribution is 0.0996. The molecule has 2 aromatic heterocycles. The highest BCUT2D eigenvalue weighted by molar-refractivity contribution is 5.37. The van der Waals surface area contributed by atoms with Gasteiger partial charge in [0, 0.05) is 42.9 Å². The standard InChI is InChI=1S/C17H20FN5/c18-13-7-17(8-13,15-3-1-2-6-20-15)11-21-16-5-4-14(22-23-16)12-9-19-10-12/h1-6,12-13,19H,7-11H2,(H,21,23). The molecule has 4 rings (SSSR count). The van der Waals surface area contributed by atoms with Crippen LogP contribution in [0.25, 0.3) is 0 Å². The van der Waals surface area contributed by atoms with Crippen LogP contribution in [0.5, 0.6) is 0 Å². The summed E-state index contributed by atoms with van der Waals surface area (Å²) in [5.41, 5.74) is 1.74. The predicted octanol–water partition coefficient (Wildman–Crippen LogP) is 2.04. The summed E-state index contributed by atoms with van der Waals surface area (Å²) < 4.78 is 13.5. The zero-order valence-electron chi connectivity index (χ0n) is 12.9. The number of pyridine rings is 1. The van der Waals surface area contributed by atoms with E-state index >= 15 is 0 Å². The first-order valence-corrected chi connectivity index (χ1v) is 8.09. The average molecular weight is 313 g/mol. The Balaban J connectivity index is 1.44.